The molecule has 1 aromatic rings. The molecule has 2 aliphatic heterocycles. The van der Waals surface area contributed by atoms with Gasteiger partial charge >= 0.3 is 0 Å². The fourth-order valence-corrected chi connectivity index (χ4v) is 3.58. The molecule has 3 aliphatic rings. The number of carbonyl (C=O) groups excluding carboxylic acids is 1. The van der Waals surface area contributed by atoms with Gasteiger partial charge in [-0.05, 0) is 42.7 Å². The molecule has 0 radical (unpaired) electrons. The van der Waals surface area contributed by atoms with Crippen LogP contribution in [0.2, 0.25) is 0 Å². The summed E-state index contributed by atoms with van der Waals surface area (Å²) in [6, 6.07) is 8.46. The molecule has 112 valence electrons. The van der Waals surface area contributed by atoms with Crippen LogP contribution < -0.4 is 10.6 Å². The summed E-state index contributed by atoms with van der Waals surface area (Å²) in [5.74, 6) is 0.809. The third-order valence-corrected chi connectivity index (χ3v) is 4.95. The van der Waals surface area contributed by atoms with Crippen LogP contribution in [0.4, 0.5) is 0 Å². The lowest BCUT2D eigenvalue weighted by Gasteiger charge is -2.27. The zero-order valence-corrected chi connectivity index (χ0v) is 12.2. The molecule has 1 aliphatic carbocycles. The van der Waals surface area contributed by atoms with Crippen LogP contribution in [-0.4, -0.2) is 30.7 Å². The highest BCUT2D eigenvalue weighted by Gasteiger charge is 2.41. The van der Waals surface area contributed by atoms with E-state index in [1.807, 2.05) is 6.07 Å². The maximum absolute atomic E-state index is 12.5. The summed E-state index contributed by atoms with van der Waals surface area (Å²) < 4.78 is 5.80. The van der Waals surface area contributed by atoms with Crippen LogP contribution >= 0.6 is 0 Å². The molecule has 1 amide bonds. The second kappa shape index (κ2) is 5.43. The van der Waals surface area contributed by atoms with Crippen LogP contribution in [0.25, 0.3) is 0 Å². The van der Waals surface area contributed by atoms with E-state index in [2.05, 4.69) is 28.8 Å². The molecule has 4 heteroatoms. The fourth-order valence-electron chi connectivity index (χ4n) is 3.58. The van der Waals surface area contributed by atoms with Crippen LogP contribution in [-0.2, 0) is 22.5 Å². The molecule has 1 aromatic carbocycles. The van der Waals surface area contributed by atoms with Gasteiger partial charge in [-0.15, -0.1) is 0 Å². The second-order valence-electron chi connectivity index (χ2n) is 6.48. The highest BCUT2D eigenvalue weighted by Crippen LogP contribution is 2.38. The van der Waals surface area contributed by atoms with Crippen LogP contribution in [0.15, 0.2) is 24.3 Å². The van der Waals surface area contributed by atoms with Crippen LogP contribution in [0.1, 0.15) is 30.4 Å². The van der Waals surface area contributed by atoms with Crippen molar-refractivity contribution in [2.24, 2.45) is 5.92 Å². The standard InChI is InChI=1S/C17H22N2O2/c20-17(19-14-7-8-21-16(14)11-5-6-11)15-9-12-3-1-2-4-13(12)10-18-15/h1-4,11,14-16,18H,5-10H2,(H,19,20). The number of carbonyl (C=O) groups is 1. The predicted octanol–water partition coefficient (Wildman–Crippen LogP) is 1.38. The Morgan fingerprint density at radius 2 is 2.00 bits per heavy atom. The Hall–Kier alpha value is -1.39. The number of rotatable bonds is 3. The average molecular weight is 286 g/mol. The Morgan fingerprint density at radius 3 is 2.81 bits per heavy atom. The van der Waals surface area contributed by atoms with Gasteiger partial charge in [0, 0.05) is 13.2 Å². The number of amides is 1. The molecule has 2 N–H and O–H groups in total. The lowest BCUT2D eigenvalue weighted by molar-refractivity contribution is -0.124. The van der Waals surface area contributed by atoms with Crippen molar-refractivity contribution < 1.29 is 9.53 Å². The van der Waals surface area contributed by atoms with E-state index in [4.69, 9.17) is 4.74 Å². The normalized spacial score (nSPS) is 31.7. The maximum Gasteiger partial charge on any atom is 0.237 e. The Balaban J connectivity index is 1.39. The molecule has 0 spiro atoms. The van der Waals surface area contributed by atoms with Crippen molar-refractivity contribution in [2.45, 2.75) is 50.4 Å². The van der Waals surface area contributed by atoms with E-state index in [1.165, 1.54) is 24.0 Å². The summed E-state index contributed by atoms with van der Waals surface area (Å²) in [5, 5.41) is 6.58. The monoisotopic (exact) mass is 286 g/mol. The first-order valence-corrected chi connectivity index (χ1v) is 8.03. The van der Waals surface area contributed by atoms with Gasteiger partial charge in [0.25, 0.3) is 0 Å². The summed E-state index contributed by atoms with van der Waals surface area (Å²) >= 11 is 0. The van der Waals surface area contributed by atoms with Crippen molar-refractivity contribution in [2.75, 3.05) is 6.61 Å². The van der Waals surface area contributed by atoms with Crippen LogP contribution in [0, 0.1) is 5.92 Å². The Morgan fingerprint density at radius 1 is 1.19 bits per heavy atom. The van der Waals surface area contributed by atoms with Crippen molar-refractivity contribution in [3.63, 3.8) is 0 Å². The highest BCUT2D eigenvalue weighted by atomic mass is 16.5. The average Bonchev–Trinajstić information content (AvgIpc) is 3.27. The smallest absolute Gasteiger partial charge is 0.237 e. The van der Waals surface area contributed by atoms with Gasteiger partial charge in [-0.3, -0.25) is 4.79 Å². The van der Waals surface area contributed by atoms with Gasteiger partial charge in [0.05, 0.1) is 18.2 Å². The minimum Gasteiger partial charge on any atom is -0.376 e. The van der Waals surface area contributed by atoms with Gasteiger partial charge in [0.15, 0.2) is 0 Å². The van der Waals surface area contributed by atoms with Crippen LogP contribution in [0.3, 0.4) is 0 Å². The van der Waals surface area contributed by atoms with E-state index in [1.54, 1.807) is 0 Å². The summed E-state index contributed by atoms with van der Waals surface area (Å²) in [7, 11) is 0. The van der Waals surface area contributed by atoms with E-state index >= 15 is 0 Å². The Bertz CT molecular complexity index is 541. The molecule has 0 aromatic heterocycles. The molecule has 2 heterocycles. The van der Waals surface area contributed by atoms with E-state index < -0.39 is 0 Å². The SMILES string of the molecule is O=C(NC1CCOC1C1CC1)C1Cc2ccccc2CN1. The first kappa shape index (κ1) is 13.3. The molecule has 4 nitrogen and oxygen atoms in total. The molecule has 21 heavy (non-hydrogen) atoms. The number of hydrogen-bond donors (Lipinski definition) is 2. The summed E-state index contributed by atoms with van der Waals surface area (Å²) in [6.45, 7) is 1.56. The largest absolute Gasteiger partial charge is 0.376 e. The van der Waals surface area contributed by atoms with E-state index in [0.717, 1.165) is 26.0 Å². The minimum absolute atomic E-state index is 0.111. The molecule has 3 unspecified atom stereocenters. The molecular weight excluding hydrogens is 264 g/mol. The van der Waals surface area contributed by atoms with Crippen molar-refractivity contribution in [1.29, 1.82) is 0 Å². The molecule has 0 bridgehead atoms. The van der Waals surface area contributed by atoms with Crippen molar-refractivity contribution in [3.05, 3.63) is 35.4 Å². The van der Waals surface area contributed by atoms with Crippen molar-refractivity contribution in [3.8, 4) is 0 Å². The zero-order valence-electron chi connectivity index (χ0n) is 12.2. The number of ether oxygens (including phenoxy) is 1. The van der Waals surface area contributed by atoms with Gasteiger partial charge in [0.2, 0.25) is 5.91 Å². The topological polar surface area (TPSA) is 50.4 Å². The molecule has 3 atom stereocenters. The molecule has 1 saturated heterocycles. The van der Waals surface area contributed by atoms with E-state index in [9.17, 15) is 4.79 Å². The quantitative estimate of drug-likeness (QED) is 0.883. The third kappa shape index (κ3) is 2.70. The zero-order chi connectivity index (χ0) is 14.2. The maximum atomic E-state index is 12.5. The minimum atomic E-state index is -0.111. The van der Waals surface area contributed by atoms with Gasteiger partial charge in [-0.25, -0.2) is 0 Å². The number of hydrogen-bond acceptors (Lipinski definition) is 3. The first-order chi connectivity index (χ1) is 10.3. The predicted molar refractivity (Wildman–Crippen MR) is 79.8 cm³/mol. The van der Waals surface area contributed by atoms with Gasteiger partial charge in [-0.2, -0.15) is 0 Å². The summed E-state index contributed by atoms with van der Waals surface area (Å²) in [4.78, 5) is 12.5. The molecule has 4 rings (SSSR count). The molecular formula is C17H22N2O2. The number of nitrogens with one attached hydrogen (secondary N) is 2. The number of fused-ring (bicyclic) bond motifs is 1. The van der Waals surface area contributed by atoms with Crippen molar-refractivity contribution in [1.82, 2.24) is 10.6 Å². The van der Waals surface area contributed by atoms with Gasteiger partial charge in [-0.1, -0.05) is 24.3 Å². The molecule has 2 fully saturated rings. The molecule has 1 saturated carbocycles. The van der Waals surface area contributed by atoms with E-state index in [0.29, 0.717) is 5.92 Å². The lowest BCUT2D eigenvalue weighted by Crippen LogP contribution is -2.52. The van der Waals surface area contributed by atoms with Crippen LogP contribution in [0.5, 0.6) is 0 Å². The third-order valence-electron chi connectivity index (χ3n) is 4.95. The Labute approximate surface area is 125 Å². The summed E-state index contributed by atoms with van der Waals surface area (Å²) in [6.07, 6.45) is 4.50. The lowest BCUT2D eigenvalue weighted by atomic mass is 9.95. The Kier molecular flexibility index (Phi) is 3.43. The highest BCUT2D eigenvalue weighted by molar-refractivity contribution is 5.82. The second-order valence-corrected chi connectivity index (χ2v) is 6.48. The van der Waals surface area contributed by atoms with E-state index in [-0.39, 0.29) is 24.1 Å². The van der Waals surface area contributed by atoms with Crippen molar-refractivity contribution >= 4 is 5.91 Å². The summed E-state index contributed by atoms with van der Waals surface area (Å²) in [5.41, 5.74) is 2.60. The van der Waals surface area contributed by atoms with Gasteiger partial charge < -0.3 is 15.4 Å². The number of benzene rings is 1. The first-order valence-electron chi connectivity index (χ1n) is 8.03. The fraction of sp³-hybridized carbons (Fsp3) is 0.588. The van der Waals surface area contributed by atoms with Gasteiger partial charge in [0.1, 0.15) is 0 Å².